The Kier molecular flexibility index (Phi) is 6.14. The number of hydrogen-bond donors (Lipinski definition) is 1. The number of piperidine rings is 1. The van der Waals surface area contributed by atoms with Crippen LogP contribution in [0, 0.1) is 13.8 Å². The third-order valence-corrected chi connectivity index (χ3v) is 5.55. The largest absolute Gasteiger partial charge is 0.480 e. The van der Waals surface area contributed by atoms with Crippen LogP contribution in [0.4, 0.5) is 0 Å². The number of aromatic nitrogens is 2. The highest BCUT2D eigenvalue weighted by Crippen LogP contribution is 2.23. The molecule has 0 spiro atoms. The predicted molar refractivity (Wildman–Crippen MR) is 107 cm³/mol. The molecule has 0 aliphatic carbocycles. The van der Waals surface area contributed by atoms with E-state index in [-0.39, 0.29) is 18.5 Å². The van der Waals surface area contributed by atoms with Crippen LogP contribution in [-0.2, 0) is 4.79 Å². The quantitative estimate of drug-likeness (QED) is 0.828. The van der Waals surface area contributed by atoms with Gasteiger partial charge in [-0.1, -0.05) is 13.0 Å². The lowest BCUT2D eigenvalue weighted by Crippen LogP contribution is -2.48. The second-order valence-corrected chi connectivity index (χ2v) is 7.29. The number of carbonyl (C=O) groups excluding carboxylic acids is 1. The van der Waals surface area contributed by atoms with E-state index in [1.165, 1.54) is 0 Å². The lowest BCUT2D eigenvalue weighted by atomic mass is 10.0. The molecule has 7 nitrogen and oxygen atoms in total. The van der Waals surface area contributed by atoms with Gasteiger partial charge in [-0.25, -0.2) is 4.98 Å². The van der Waals surface area contributed by atoms with E-state index in [2.05, 4.69) is 4.98 Å². The van der Waals surface area contributed by atoms with Gasteiger partial charge in [0.25, 0.3) is 5.91 Å². The van der Waals surface area contributed by atoms with E-state index in [0.29, 0.717) is 25.2 Å². The van der Waals surface area contributed by atoms with Gasteiger partial charge in [-0.3, -0.25) is 14.5 Å². The zero-order chi connectivity index (χ0) is 20.3. The van der Waals surface area contributed by atoms with Gasteiger partial charge < -0.3 is 14.6 Å². The van der Waals surface area contributed by atoms with Crippen LogP contribution in [0.5, 0.6) is 0 Å². The van der Waals surface area contributed by atoms with E-state index in [9.17, 15) is 9.59 Å². The van der Waals surface area contributed by atoms with Crippen molar-refractivity contribution < 1.29 is 14.7 Å². The van der Waals surface area contributed by atoms with Gasteiger partial charge in [0.05, 0.1) is 12.1 Å². The number of carboxylic acid groups (broad SMARTS) is 1. The summed E-state index contributed by atoms with van der Waals surface area (Å²) in [5.74, 6) is 0.0415. The zero-order valence-corrected chi connectivity index (χ0v) is 16.8. The number of likely N-dealkylation sites (N-methyl/N-ethyl adjacent to an activating group) is 1. The lowest BCUT2D eigenvalue weighted by Gasteiger charge is -2.37. The molecule has 3 rings (SSSR count). The summed E-state index contributed by atoms with van der Waals surface area (Å²) in [6.45, 7) is 7.96. The van der Waals surface area contributed by atoms with Crippen molar-refractivity contribution in [3.63, 3.8) is 0 Å². The number of carbonyl (C=O) groups is 2. The molecule has 0 atom stereocenters. The molecule has 1 N–H and O–H groups in total. The summed E-state index contributed by atoms with van der Waals surface area (Å²) in [5, 5.41) is 9.07. The second-order valence-electron chi connectivity index (χ2n) is 7.29. The summed E-state index contributed by atoms with van der Waals surface area (Å²) in [6, 6.07) is 7.89. The van der Waals surface area contributed by atoms with Gasteiger partial charge in [-0.05, 0) is 51.4 Å². The fourth-order valence-corrected chi connectivity index (χ4v) is 4.10. The van der Waals surface area contributed by atoms with Gasteiger partial charge in [0.2, 0.25) is 0 Å². The highest BCUT2D eigenvalue weighted by Gasteiger charge is 2.29. The molecule has 0 saturated carbocycles. The van der Waals surface area contributed by atoms with Crippen LogP contribution in [0.15, 0.2) is 30.5 Å². The van der Waals surface area contributed by atoms with Gasteiger partial charge in [0.15, 0.2) is 0 Å². The molecule has 7 heteroatoms. The van der Waals surface area contributed by atoms with E-state index < -0.39 is 5.97 Å². The van der Waals surface area contributed by atoms with Crippen molar-refractivity contribution in [3.8, 4) is 5.82 Å². The second kappa shape index (κ2) is 8.56. The van der Waals surface area contributed by atoms with Crippen molar-refractivity contribution in [2.45, 2.75) is 39.7 Å². The lowest BCUT2D eigenvalue weighted by molar-refractivity contribution is -0.139. The van der Waals surface area contributed by atoms with Gasteiger partial charge >= 0.3 is 5.97 Å². The molecule has 2 aromatic rings. The van der Waals surface area contributed by atoms with Crippen LogP contribution < -0.4 is 0 Å². The maximum atomic E-state index is 13.1. The monoisotopic (exact) mass is 384 g/mol. The van der Waals surface area contributed by atoms with Gasteiger partial charge in [0.1, 0.15) is 5.82 Å². The molecule has 0 aromatic carbocycles. The van der Waals surface area contributed by atoms with Crippen LogP contribution in [0.1, 0.15) is 41.5 Å². The minimum absolute atomic E-state index is 0.0371. The van der Waals surface area contributed by atoms with Crippen LogP contribution in [0.25, 0.3) is 5.82 Å². The topological polar surface area (TPSA) is 78.7 Å². The Morgan fingerprint density at radius 2 is 1.96 bits per heavy atom. The van der Waals surface area contributed by atoms with Crippen molar-refractivity contribution in [2.24, 2.45) is 0 Å². The van der Waals surface area contributed by atoms with Crippen molar-refractivity contribution in [2.75, 3.05) is 26.2 Å². The van der Waals surface area contributed by atoms with Crippen molar-refractivity contribution >= 4 is 11.9 Å². The Morgan fingerprint density at radius 1 is 1.25 bits per heavy atom. The highest BCUT2D eigenvalue weighted by atomic mass is 16.4. The maximum Gasteiger partial charge on any atom is 0.317 e. The number of carboxylic acids is 1. The predicted octanol–water partition coefficient (Wildman–Crippen LogP) is 2.50. The molecule has 1 amide bonds. The first-order valence-electron chi connectivity index (χ1n) is 9.77. The van der Waals surface area contributed by atoms with Gasteiger partial charge in [-0.15, -0.1) is 0 Å². The molecule has 150 valence electrons. The summed E-state index contributed by atoms with van der Waals surface area (Å²) >= 11 is 0. The number of amides is 1. The van der Waals surface area contributed by atoms with Gasteiger partial charge in [0, 0.05) is 36.7 Å². The zero-order valence-electron chi connectivity index (χ0n) is 16.8. The molecule has 3 heterocycles. The first-order valence-corrected chi connectivity index (χ1v) is 9.77. The average Bonchev–Trinajstić information content (AvgIpc) is 3.00. The summed E-state index contributed by atoms with van der Waals surface area (Å²) in [5.41, 5.74) is 2.58. The minimum atomic E-state index is -0.803. The van der Waals surface area contributed by atoms with Crippen LogP contribution >= 0.6 is 0 Å². The molecule has 28 heavy (non-hydrogen) atoms. The molecular formula is C21H28N4O3. The van der Waals surface area contributed by atoms with E-state index in [1.54, 1.807) is 6.20 Å². The molecule has 0 bridgehead atoms. The molecule has 0 unspecified atom stereocenters. The number of hydrogen-bond acceptors (Lipinski definition) is 4. The smallest absolute Gasteiger partial charge is 0.317 e. The van der Waals surface area contributed by atoms with Gasteiger partial charge in [-0.2, -0.15) is 0 Å². The SMILES string of the molecule is CCN(CC(=O)O)C1CCN(C(=O)c2cc(C)n(-c3ccccn3)c2C)CC1. The molecule has 1 fully saturated rings. The third kappa shape index (κ3) is 4.09. The summed E-state index contributed by atoms with van der Waals surface area (Å²) in [7, 11) is 0. The standard InChI is InChI=1S/C21H28N4O3/c1-4-23(14-20(26)27)17-8-11-24(12-9-17)21(28)18-13-15(2)25(16(18)3)19-7-5-6-10-22-19/h5-7,10,13,17H,4,8-9,11-12,14H2,1-3H3,(H,26,27). The van der Waals surface area contributed by atoms with Crippen LogP contribution in [-0.4, -0.2) is 68.6 Å². The average molecular weight is 384 g/mol. The normalized spacial score (nSPS) is 15.2. The summed E-state index contributed by atoms with van der Waals surface area (Å²) in [6.07, 6.45) is 3.34. The Balaban J connectivity index is 1.72. The van der Waals surface area contributed by atoms with Crippen molar-refractivity contribution in [1.82, 2.24) is 19.4 Å². The molecule has 1 aliphatic rings. The number of rotatable bonds is 6. The first kappa shape index (κ1) is 20.1. The molecular weight excluding hydrogens is 356 g/mol. The van der Waals surface area contributed by atoms with E-state index >= 15 is 0 Å². The number of aryl methyl sites for hydroxylation is 1. The molecule has 1 saturated heterocycles. The Hall–Kier alpha value is -2.67. The van der Waals surface area contributed by atoms with E-state index in [4.69, 9.17) is 5.11 Å². The Morgan fingerprint density at radius 3 is 2.54 bits per heavy atom. The fraction of sp³-hybridized carbons (Fsp3) is 0.476. The number of nitrogens with zero attached hydrogens (tertiary/aromatic N) is 4. The van der Waals surface area contributed by atoms with Crippen LogP contribution in [0.3, 0.4) is 0 Å². The van der Waals surface area contributed by atoms with Crippen molar-refractivity contribution in [1.29, 1.82) is 0 Å². The van der Waals surface area contributed by atoms with E-state index in [0.717, 1.165) is 30.0 Å². The number of likely N-dealkylation sites (tertiary alicyclic amines) is 1. The van der Waals surface area contributed by atoms with Crippen molar-refractivity contribution in [3.05, 3.63) is 47.4 Å². The minimum Gasteiger partial charge on any atom is -0.480 e. The fourth-order valence-electron chi connectivity index (χ4n) is 4.10. The number of aliphatic carboxylic acids is 1. The Labute approximate surface area is 165 Å². The molecule has 0 radical (unpaired) electrons. The molecule has 1 aliphatic heterocycles. The summed E-state index contributed by atoms with van der Waals surface area (Å²) in [4.78, 5) is 32.4. The Bertz CT molecular complexity index is 839. The van der Waals surface area contributed by atoms with E-state index in [1.807, 2.05) is 59.4 Å². The number of pyridine rings is 1. The molecule has 2 aromatic heterocycles. The maximum absolute atomic E-state index is 13.1. The van der Waals surface area contributed by atoms with Crippen LogP contribution in [0.2, 0.25) is 0 Å². The first-order chi connectivity index (χ1) is 13.4. The highest BCUT2D eigenvalue weighted by molar-refractivity contribution is 5.96. The summed E-state index contributed by atoms with van der Waals surface area (Å²) < 4.78 is 2.01. The third-order valence-electron chi connectivity index (χ3n) is 5.55.